The van der Waals surface area contributed by atoms with Crippen molar-refractivity contribution in [2.75, 3.05) is 11.9 Å². The minimum absolute atomic E-state index is 0.306. The van der Waals surface area contributed by atoms with Crippen molar-refractivity contribution in [3.8, 4) is 0 Å². The van der Waals surface area contributed by atoms with Crippen molar-refractivity contribution >= 4 is 23.5 Å². The summed E-state index contributed by atoms with van der Waals surface area (Å²) in [5.41, 5.74) is 6.21. The van der Waals surface area contributed by atoms with E-state index in [0.717, 1.165) is 0 Å². The summed E-state index contributed by atoms with van der Waals surface area (Å²) in [6, 6.07) is 5.41. The van der Waals surface area contributed by atoms with E-state index in [-0.39, 0.29) is 5.91 Å². The number of carboxylic acid groups (broad SMARTS) is 1. The van der Waals surface area contributed by atoms with E-state index in [1.54, 1.807) is 6.92 Å². The average Bonchev–Trinajstić information content (AvgIpc) is 2.36. The number of nitrogens with one attached hydrogen (secondary N) is 2. The van der Waals surface area contributed by atoms with Crippen LogP contribution in [0.5, 0.6) is 0 Å². The van der Waals surface area contributed by atoms with Gasteiger partial charge in [0.25, 0.3) is 5.91 Å². The molecule has 0 fully saturated rings. The van der Waals surface area contributed by atoms with E-state index in [0.29, 0.717) is 11.3 Å². The van der Waals surface area contributed by atoms with Crippen molar-refractivity contribution in [2.45, 2.75) is 13.0 Å². The van der Waals surface area contributed by atoms with E-state index in [1.807, 2.05) is 0 Å². The Balaban J connectivity index is 2.63. The molecule has 1 aromatic carbocycles. The highest BCUT2D eigenvalue weighted by Crippen LogP contribution is 2.09. The van der Waals surface area contributed by atoms with E-state index < -0.39 is 24.5 Å². The fraction of sp³-hybridized carbons (Fsp3) is 0.250. The number of rotatable bonds is 5. The number of hydrogen-bond acceptors (Lipinski definition) is 4. The van der Waals surface area contributed by atoms with Gasteiger partial charge in [-0.3, -0.25) is 14.4 Å². The van der Waals surface area contributed by atoms with Gasteiger partial charge in [0.15, 0.2) is 0 Å². The van der Waals surface area contributed by atoms with Gasteiger partial charge in [0.2, 0.25) is 5.91 Å². The molecule has 1 rings (SSSR count). The standard InChI is InChI=1S/C12H15N3O4/c1-7(13)11(18)15-9-4-2-8(3-5-9)12(19)14-6-10(16)17/h2-5,7H,6,13H2,1H3,(H,14,19)(H,15,18)(H,16,17)/t7-/m1/s1. The highest BCUT2D eigenvalue weighted by molar-refractivity contribution is 5.97. The first kappa shape index (κ1) is 14.7. The molecular formula is C12H15N3O4. The molecule has 5 N–H and O–H groups in total. The van der Waals surface area contributed by atoms with E-state index in [9.17, 15) is 14.4 Å². The number of hydrogen-bond donors (Lipinski definition) is 4. The van der Waals surface area contributed by atoms with Gasteiger partial charge in [-0.05, 0) is 31.2 Å². The van der Waals surface area contributed by atoms with Gasteiger partial charge < -0.3 is 21.5 Å². The Morgan fingerprint density at radius 2 is 1.84 bits per heavy atom. The minimum atomic E-state index is -1.12. The van der Waals surface area contributed by atoms with Crippen molar-refractivity contribution in [3.63, 3.8) is 0 Å². The van der Waals surface area contributed by atoms with Crippen LogP contribution in [0.25, 0.3) is 0 Å². The van der Waals surface area contributed by atoms with Crippen LogP contribution in [0.15, 0.2) is 24.3 Å². The largest absolute Gasteiger partial charge is 0.480 e. The molecule has 102 valence electrons. The molecule has 1 atom stereocenters. The fourth-order valence-corrected chi connectivity index (χ4v) is 1.22. The topological polar surface area (TPSA) is 122 Å². The Kier molecular flexibility index (Phi) is 5.01. The zero-order valence-electron chi connectivity index (χ0n) is 10.3. The van der Waals surface area contributed by atoms with Crippen LogP contribution < -0.4 is 16.4 Å². The Morgan fingerprint density at radius 1 is 1.26 bits per heavy atom. The van der Waals surface area contributed by atoms with Crippen LogP contribution in [0, 0.1) is 0 Å². The third kappa shape index (κ3) is 4.76. The van der Waals surface area contributed by atoms with Crippen molar-refractivity contribution in [1.29, 1.82) is 0 Å². The highest BCUT2D eigenvalue weighted by atomic mass is 16.4. The average molecular weight is 265 g/mol. The van der Waals surface area contributed by atoms with Crippen LogP contribution in [-0.2, 0) is 9.59 Å². The van der Waals surface area contributed by atoms with E-state index in [4.69, 9.17) is 10.8 Å². The third-order valence-corrected chi connectivity index (χ3v) is 2.23. The number of aliphatic carboxylic acids is 1. The van der Waals surface area contributed by atoms with Crippen LogP contribution in [0.2, 0.25) is 0 Å². The second-order valence-corrected chi connectivity index (χ2v) is 3.93. The quantitative estimate of drug-likeness (QED) is 0.586. The van der Waals surface area contributed by atoms with E-state index in [2.05, 4.69) is 10.6 Å². The molecule has 0 radical (unpaired) electrons. The maximum Gasteiger partial charge on any atom is 0.322 e. The smallest absolute Gasteiger partial charge is 0.322 e. The van der Waals surface area contributed by atoms with E-state index in [1.165, 1.54) is 24.3 Å². The maximum atomic E-state index is 11.5. The lowest BCUT2D eigenvalue weighted by Crippen LogP contribution is -2.32. The SMILES string of the molecule is C[C@@H](N)C(=O)Nc1ccc(C(=O)NCC(=O)O)cc1. The molecule has 0 bridgehead atoms. The Labute approximate surface area is 109 Å². The lowest BCUT2D eigenvalue weighted by atomic mass is 10.2. The molecule has 0 saturated carbocycles. The molecule has 19 heavy (non-hydrogen) atoms. The fourth-order valence-electron chi connectivity index (χ4n) is 1.22. The number of nitrogens with two attached hydrogens (primary N) is 1. The number of carboxylic acids is 1. The first-order valence-corrected chi connectivity index (χ1v) is 5.56. The van der Waals surface area contributed by atoms with Crippen LogP contribution in [0.3, 0.4) is 0 Å². The zero-order valence-corrected chi connectivity index (χ0v) is 10.3. The van der Waals surface area contributed by atoms with Gasteiger partial charge in [-0.2, -0.15) is 0 Å². The number of amides is 2. The molecule has 7 heteroatoms. The molecule has 1 aromatic rings. The summed E-state index contributed by atoms with van der Waals surface area (Å²) >= 11 is 0. The van der Waals surface area contributed by atoms with Gasteiger partial charge in [0, 0.05) is 11.3 Å². The summed E-state index contributed by atoms with van der Waals surface area (Å²) in [5, 5.41) is 13.2. The van der Waals surface area contributed by atoms with E-state index >= 15 is 0 Å². The van der Waals surface area contributed by atoms with Crippen molar-refractivity contribution in [1.82, 2.24) is 5.32 Å². The molecule has 0 unspecified atom stereocenters. The summed E-state index contributed by atoms with van der Waals surface area (Å²) < 4.78 is 0. The third-order valence-electron chi connectivity index (χ3n) is 2.23. The summed E-state index contributed by atoms with van der Waals surface area (Å²) in [6.45, 7) is 1.12. The van der Waals surface area contributed by atoms with Gasteiger partial charge in [-0.1, -0.05) is 0 Å². The second kappa shape index (κ2) is 6.50. The number of carbonyl (C=O) groups is 3. The van der Waals surface area contributed by atoms with Gasteiger partial charge in [-0.15, -0.1) is 0 Å². The molecule has 0 aliphatic carbocycles. The molecule has 0 aliphatic rings. The first-order chi connectivity index (χ1) is 8.90. The van der Waals surface area contributed by atoms with Crippen LogP contribution >= 0.6 is 0 Å². The number of anilines is 1. The molecule has 0 aromatic heterocycles. The monoisotopic (exact) mass is 265 g/mol. The van der Waals surface area contributed by atoms with Crippen LogP contribution in [0.4, 0.5) is 5.69 Å². The van der Waals surface area contributed by atoms with Crippen LogP contribution in [0.1, 0.15) is 17.3 Å². The molecule has 2 amide bonds. The number of benzene rings is 1. The lowest BCUT2D eigenvalue weighted by molar-refractivity contribution is -0.135. The normalized spacial score (nSPS) is 11.5. The summed E-state index contributed by atoms with van der Waals surface area (Å²) in [7, 11) is 0. The molecular weight excluding hydrogens is 250 g/mol. The molecule has 7 nitrogen and oxygen atoms in total. The highest BCUT2D eigenvalue weighted by Gasteiger charge is 2.09. The maximum absolute atomic E-state index is 11.5. The Hall–Kier alpha value is -2.41. The second-order valence-electron chi connectivity index (χ2n) is 3.93. The van der Waals surface area contributed by atoms with Gasteiger partial charge >= 0.3 is 5.97 Å². The van der Waals surface area contributed by atoms with Crippen molar-refractivity contribution in [2.24, 2.45) is 5.73 Å². The summed E-state index contributed by atoms with van der Waals surface area (Å²) in [5.74, 6) is -1.94. The molecule has 0 aliphatic heterocycles. The van der Waals surface area contributed by atoms with Gasteiger partial charge in [0.1, 0.15) is 6.54 Å². The molecule has 0 saturated heterocycles. The van der Waals surface area contributed by atoms with Crippen molar-refractivity contribution < 1.29 is 19.5 Å². The predicted molar refractivity (Wildman–Crippen MR) is 68.7 cm³/mol. The first-order valence-electron chi connectivity index (χ1n) is 5.56. The summed E-state index contributed by atoms with van der Waals surface area (Å²) in [4.78, 5) is 33.1. The zero-order chi connectivity index (χ0) is 14.4. The number of carbonyl (C=O) groups excluding carboxylic acids is 2. The predicted octanol–water partition coefficient (Wildman–Crippen LogP) is -0.213. The van der Waals surface area contributed by atoms with Gasteiger partial charge in [0.05, 0.1) is 6.04 Å². The van der Waals surface area contributed by atoms with Crippen molar-refractivity contribution in [3.05, 3.63) is 29.8 Å². The van der Waals surface area contributed by atoms with Gasteiger partial charge in [-0.25, -0.2) is 0 Å². The molecule has 0 spiro atoms. The Bertz CT molecular complexity index is 482. The van der Waals surface area contributed by atoms with Crippen LogP contribution in [-0.4, -0.2) is 35.5 Å². The lowest BCUT2D eigenvalue weighted by Gasteiger charge is -2.08. The minimum Gasteiger partial charge on any atom is -0.480 e. The molecule has 0 heterocycles. The summed E-state index contributed by atoms with van der Waals surface area (Å²) in [6.07, 6.45) is 0. The Morgan fingerprint density at radius 3 is 2.32 bits per heavy atom.